The van der Waals surface area contributed by atoms with E-state index >= 15 is 0 Å². The molecule has 1 unspecified atom stereocenters. The highest BCUT2D eigenvalue weighted by molar-refractivity contribution is 6.07. The van der Waals surface area contributed by atoms with E-state index in [0.29, 0.717) is 17.7 Å². The topological polar surface area (TPSA) is 104 Å². The van der Waals surface area contributed by atoms with Crippen molar-refractivity contribution in [2.45, 2.75) is 19.0 Å². The lowest BCUT2D eigenvalue weighted by atomic mass is 9.91. The van der Waals surface area contributed by atoms with Gasteiger partial charge in [-0.1, -0.05) is 12.1 Å². The third-order valence-electron chi connectivity index (χ3n) is 3.86. The molecule has 1 fully saturated rings. The van der Waals surface area contributed by atoms with Crippen LogP contribution in [0.3, 0.4) is 0 Å². The molecule has 2 heterocycles. The second-order valence-corrected chi connectivity index (χ2v) is 5.36. The van der Waals surface area contributed by atoms with Gasteiger partial charge in [0.25, 0.3) is 5.91 Å². The lowest BCUT2D eigenvalue weighted by Crippen LogP contribution is -2.41. The van der Waals surface area contributed by atoms with Gasteiger partial charge in [-0.2, -0.15) is 10.4 Å². The summed E-state index contributed by atoms with van der Waals surface area (Å²) in [5, 5.41) is 15.7. The van der Waals surface area contributed by atoms with Gasteiger partial charge < -0.3 is 5.32 Å². The minimum Gasteiger partial charge on any atom is -0.319 e. The molecular formula is C15H14N6O2. The summed E-state index contributed by atoms with van der Waals surface area (Å²) in [6.07, 6.45) is 2.91. The molecule has 2 aromatic rings. The summed E-state index contributed by atoms with van der Waals surface area (Å²) in [5.74, 6) is -0.349. The van der Waals surface area contributed by atoms with Crippen molar-refractivity contribution in [3.8, 4) is 6.07 Å². The number of nitriles is 1. The van der Waals surface area contributed by atoms with Crippen LogP contribution in [0, 0.1) is 11.3 Å². The van der Waals surface area contributed by atoms with Crippen molar-refractivity contribution in [3.05, 3.63) is 48.0 Å². The fourth-order valence-corrected chi connectivity index (χ4v) is 2.55. The molecule has 0 radical (unpaired) electrons. The van der Waals surface area contributed by atoms with E-state index in [1.54, 1.807) is 35.9 Å². The van der Waals surface area contributed by atoms with Crippen molar-refractivity contribution in [1.82, 2.24) is 25.0 Å². The quantitative estimate of drug-likeness (QED) is 0.834. The SMILES string of the molecule is CC1(c2cccc(C#N)c2)NC(=O)N(CCn2cncn2)C1=O. The fourth-order valence-electron chi connectivity index (χ4n) is 2.55. The van der Waals surface area contributed by atoms with Gasteiger partial charge in [-0.15, -0.1) is 0 Å². The Hall–Kier alpha value is -3.21. The molecule has 23 heavy (non-hydrogen) atoms. The number of carbonyl (C=O) groups excluding carboxylic acids is 2. The molecule has 1 aliphatic heterocycles. The number of aromatic nitrogens is 3. The van der Waals surface area contributed by atoms with Gasteiger partial charge in [0.1, 0.15) is 18.2 Å². The zero-order chi connectivity index (χ0) is 16.4. The average Bonchev–Trinajstić information content (AvgIpc) is 3.14. The second-order valence-electron chi connectivity index (χ2n) is 5.36. The molecule has 8 nitrogen and oxygen atoms in total. The van der Waals surface area contributed by atoms with E-state index in [4.69, 9.17) is 5.26 Å². The molecule has 3 rings (SSSR count). The predicted molar refractivity (Wildman–Crippen MR) is 78.8 cm³/mol. The summed E-state index contributed by atoms with van der Waals surface area (Å²) in [7, 11) is 0. The van der Waals surface area contributed by atoms with E-state index in [1.165, 1.54) is 12.7 Å². The Bertz CT molecular complexity index is 795. The van der Waals surface area contributed by atoms with Gasteiger partial charge >= 0.3 is 6.03 Å². The summed E-state index contributed by atoms with van der Waals surface area (Å²) < 4.78 is 1.55. The molecule has 8 heteroatoms. The maximum atomic E-state index is 12.7. The van der Waals surface area contributed by atoms with Crippen LogP contribution in [0.25, 0.3) is 0 Å². The number of hydrogen-bond acceptors (Lipinski definition) is 5. The normalized spacial score (nSPS) is 20.4. The van der Waals surface area contributed by atoms with Gasteiger partial charge in [0.15, 0.2) is 0 Å². The zero-order valence-electron chi connectivity index (χ0n) is 12.4. The lowest BCUT2D eigenvalue weighted by Gasteiger charge is -2.22. The van der Waals surface area contributed by atoms with Crippen molar-refractivity contribution in [2.24, 2.45) is 0 Å². The summed E-state index contributed by atoms with van der Waals surface area (Å²) in [4.78, 5) is 29.9. The van der Waals surface area contributed by atoms with E-state index in [-0.39, 0.29) is 12.5 Å². The van der Waals surface area contributed by atoms with Gasteiger partial charge in [0.05, 0.1) is 24.7 Å². The van der Waals surface area contributed by atoms with E-state index in [1.807, 2.05) is 6.07 Å². The first-order valence-electron chi connectivity index (χ1n) is 7.02. The Balaban J connectivity index is 1.83. The molecule has 0 saturated carbocycles. The van der Waals surface area contributed by atoms with Crippen molar-refractivity contribution >= 4 is 11.9 Å². The number of benzene rings is 1. The van der Waals surface area contributed by atoms with Gasteiger partial charge in [-0.05, 0) is 24.6 Å². The average molecular weight is 310 g/mol. The minimum atomic E-state index is -1.17. The van der Waals surface area contributed by atoms with Crippen LogP contribution in [0.1, 0.15) is 18.1 Å². The molecular weight excluding hydrogens is 296 g/mol. The van der Waals surface area contributed by atoms with Crippen LogP contribution in [0.4, 0.5) is 4.79 Å². The number of rotatable bonds is 4. The molecule has 1 N–H and O–H groups in total. The van der Waals surface area contributed by atoms with Gasteiger partial charge in [-0.25, -0.2) is 9.78 Å². The van der Waals surface area contributed by atoms with Gasteiger partial charge in [0, 0.05) is 0 Å². The highest BCUT2D eigenvalue weighted by atomic mass is 16.2. The Morgan fingerprint density at radius 1 is 1.35 bits per heavy atom. The molecule has 1 aromatic carbocycles. The Morgan fingerprint density at radius 2 is 2.17 bits per heavy atom. The lowest BCUT2D eigenvalue weighted by molar-refractivity contribution is -0.131. The number of hydrogen-bond donors (Lipinski definition) is 1. The van der Waals surface area contributed by atoms with Crippen LogP contribution in [0.2, 0.25) is 0 Å². The van der Waals surface area contributed by atoms with Crippen LogP contribution in [-0.2, 0) is 16.9 Å². The number of nitrogens with zero attached hydrogens (tertiary/aromatic N) is 5. The molecule has 1 atom stereocenters. The molecule has 3 amide bonds. The molecule has 1 saturated heterocycles. The van der Waals surface area contributed by atoms with Crippen molar-refractivity contribution in [3.63, 3.8) is 0 Å². The fraction of sp³-hybridized carbons (Fsp3) is 0.267. The largest absolute Gasteiger partial charge is 0.325 e. The molecule has 1 aromatic heterocycles. The molecule has 0 spiro atoms. The number of urea groups is 1. The van der Waals surface area contributed by atoms with Crippen LogP contribution in [0.15, 0.2) is 36.9 Å². The summed E-state index contributed by atoms with van der Waals surface area (Å²) >= 11 is 0. The smallest absolute Gasteiger partial charge is 0.319 e. The summed E-state index contributed by atoms with van der Waals surface area (Å²) in [6, 6.07) is 8.25. The summed E-state index contributed by atoms with van der Waals surface area (Å²) in [5.41, 5.74) is -0.156. The monoisotopic (exact) mass is 310 g/mol. The minimum absolute atomic E-state index is 0.196. The van der Waals surface area contributed by atoms with Crippen LogP contribution in [-0.4, -0.2) is 38.1 Å². The van der Waals surface area contributed by atoms with E-state index in [0.717, 1.165) is 4.90 Å². The number of amides is 3. The molecule has 116 valence electrons. The van der Waals surface area contributed by atoms with E-state index in [2.05, 4.69) is 15.4 Å². The first kappa shape index (κ1) is 14.7. The van der Waals surface area contributed by atoms with E-state index < -0.39 is 11.6 Å². The third kappa shape index (κ3) is 2.53. The number of nitrogens with one attached hydrogen (secondary N) is 1. The third-order valence-corrected chi connectivity index (χ3v) is 3.86. The highest BCUT2D eigenvalue weighted by Gasteiger charge is 2.48. The molecule has 0 aliphatic carbocycles. The first-order chi connectivity index (χ1) is 11.0. The summed E-state index contributed by atoms with van der Waals surface area (Å²) in [6.45, 7) is 2.20. The van der Waals surface area contributed by atoms with Gasteiger partial charge in [0.2, 0.25) is 0 Å². The Kier molecular flexibility index (Phi) is 3.54. The maximum Gasteiger partial charge on any atom is 0.325 e. The predicted octanol–water partition coefficient (Wildman–Crippen LogP) is 0.617. The standard InChI is InChI=1S/C15H14N6O2/c1-15(12-4-2-3-11(7-12)8-16)13(22)21(14(23)19-15)6-5-20-10-17-9-18-20/h2-4,7,9-10H,5-6H2,1H3,(H,19,23). The maximum absolute atomic E-state index is 12.7. The van der Waals surface area contributed by atoms with Crippen molar-refractivity contribution in [2.75, 3.05) is 6.54 Å². The first-order valence-corrected chi connectivity index (χ1v) is 7.02. The van der Waals surface area contributed by atoms with Gasteiger partial charge in [-0.3, -0.25) is 14.4 Å². The number of carbonyl (C=O) groups is 2. The molecule has 1 aliphatic rings. The zero-order valence-corrected chi connectivity index (χ0v) is 12.4. The highest BCUT2D eigenvalue weighted by Crippen LogP contribution is 2.29. The number of imide groups is 1. The Labute approximate surface area is 132 Å². The van der Waals surface area contributed by atoms with Crippen LogP contribution < -0.4 is 5.32 Å². The van der Waals surface area contributed by atoms with Crippen LogP contribution >= 0.6 is 0 Å². The molecule has 0 bridgehead atoms. The van der Waals surface area contributed by atoms with Crippen molar-refractivity contribution in [1.29, 1.82) is 5.26 Å². The second kappa shape index (κ2) is 5.53. The van der Waals surface area contributed by atoms with Crippen molar-refractivity contribution < 1.29 is 9.59 Å². The Morgan fingerprint density at radius 3 is 2.87 bits per heavy atom. The van der Waals surface area contributed by atoms with E-state index in [9.17, 15) is 9.59 Å². The van der Waals surface area contributed by atoms with Crippen LogP contribution in [0.5, 0.6) is 0 Å².